The summed E-state index contributed by atoms with van der Waals surface area (Å²) < 4.78 is 5.33. The molecule has 0 saturated carbocycles. The molecule has 4 rings (SSSR count). The van der Waals surface area contributed by atoms with Crippen molar-refractivity contribution in [1.29, 1.82) is 0 Å². The number of aliphatic hydroxyl groups is 2. The van der Waals surface area contributed by atoms with Gasteiger partial charge in [-0.3, -0.25) is 14.4 Å². The summed E-state index contributed by atoms with van der Waals surface area (Å²) in [4.78, 5) is 38.0. The highest BCUT2D eigenvalue weighted by Gasteiger charge is 2.48. The van der Waals surface area contributed by atoms with E-state index in [1.807, 2.05) is 0 Å². The maximum Gasteiger partial charge on any atom is 0.192 e. The van der Waals surface area contributed by atoms with E-state index in [1.54, 1.807) is 30.3 Å². The van der Waals surface area contributed by atoms with Gasteiger partial charge in [-0.05, 0) is 30.5 Å². The fourth-order valence-corrected chi connectivity index (χ4v) is 4.00. The van der Waals surface area contributed by atoms with Crippen LogP contribution in [0.4, 0.5) is 0 Å². The fourth-order valence-electron chi connectivity index (χ4n) is 4.00. The van der Waals surface area contributed by atoms with E-state index in [1.165, 1.54) is 14.0 Å². The summed E-state index contributed by atoms with van der Waals surface area (Å²) in [5.74, 6) is -0.860. The Morgan fingerprint density at radius 2 is 1.89 bits per heavy atom. The highest BCUT2D eigenvalue weighted by molar-refractivity contribution is 6.29. The third-order valence-electron chi connectivity index (χ3n) is 5.52. The van der Waals surface area contributed by atoms with Crippen LogP contribution in [-0.2, 0) is 4.79 Å². The van der Waals surface area contributed by atoms with Crippen LogP contribution in [0.25, 0.3) is 10.8 Å². The molecular weight excluding hydrogens is 348 g/mol. The van der Waals surface area contributed by atoms with Crippen molar-refractivity contribution in [1.82, 2.24) is 0 Å². The third kappa shape index (κ3) is 2.44. The standard InChI is InChI=1S/C21H18O6/c1-10(22)21(26)8-15-18(16(23)9-21)20(25)14-7-12-11(6-13(14)19(15)24)4-3-5-17(12)27-2/h3-7,16,23,26H,8-9H2,1-2H3/t16-,21-/m0/s1. The molecule has 2 aromatic carbocycles. The van der Waals surface area contributed by atoms with Crippen molar-refractivity contribution in [2.45, 2.75) is 31.5 Å². The third-order valence-corrected chi connectivity index (χ3v) is 5.52. The Kier molecular flexibility index (Phi) is 3.80. The molecule has 0 amide bonds. The normalized spacial score (nSPS) is 24.7. The van der Waals surface area contributed by atoms with E-state index in [0.717, 1.165) is 5.39 Å². The molecule has 0 aromatic heterocycles. The lowest BCUT2D eigenvalue weighted by Gasteiger charge is -2.37. The number of hydrogen-bond acceptors (Lipinski definition) is 6. The summed E-state index contributed by atoms with van der Waals surface area (Å²) in [5, 5.41) is 22.4. The van der Waals surface area contributed by atoms with Gasteiger partial charge < -0.3 is 14.9 Å². The van der Waals surface area contributed by atoms with Crippen molar-refractivity contribution < 1.29 is 29.3 Å². The number of aliphatic hydroxyl groups excluding tert-OH is 1. The molecule has 2 aliphatic carbocycles. The zero-order valence-corrected chi connectivity index (χ0v) is 14.9. The zero-order valence-electron chi connectivity index (χ0n) is 14.9. The number of ketones is 3. The van der Waals surface area contributed by atoms with Crippen LogP contribution < -0.4 is 4.74 Å². The van der Waals surface area contributed by atoms with E-state index in [4.69, 9.17) is 4.74 Å². The van der Waals surface area contributed by atoms with Crippen molar-refractivity contribution in [3.63, 3.8) is 0 Å². The predicted octanol–water partition coefficient (Wildman–Crippen LogP) is 2.00. The minimum atomic E-state index is -1.84. The van der Waals surface area contributed by atoms with Crippen LogP contribution in [0.3, 0.4) is 0 Å². The first kappa shape index (κ1) is 17.6. The Hall–Kier alpha value is -2.83. The molecular formula is C21H18O6. The molecule has 0 radical (unpaired) electrons. The van der Waals surface area contributed by atoms with Gasteiger partial charge in [0.15, 0.2) is 17.3 Å². The first-order chi connectivity index (χ1) is 12.8. The van der Waals surface area contributed by atoms with E-state index in [-0.39, 0.29) is 35.1 Å². The number of carbonyl (C=O) groups excluding carboxylic acids is 3. The van der Waals surface area contributed by atoms with Crippen molar-refractivity contribution >= 4 is 28.1 Å². The van der Waals surface area contributed by atoms with E-state index in [9.17, 15) is 24.6 Å². The average molecular weight is 366 g/mol. The van der Waals surface area contributed by atoms with Crippen LogP contribution in [0.2, 0.25) is 0 Å². The molecule has 0 bridgehead atoms. The summed E-state index contributed by atoms with van der Waals surface area (Å²) in [6.07, 6.45) is -1.94. The summed E-state index contributed by atoms with van der Waals surface area (Å²) in [6, 6.07) is 8.57. The van der Waals surface area contributed by atoms with Gasteiger partial charge in [0.25, 0.3) is 0 Å². The predicted molar refractivity (Wildman–Crippen MR) is 97.1 cm³/mol. The van der Waals surface area contributed by atoms with Crippen LogP contribution in [0.5, 0.6) is 5.75 Å². The van der Waals surface area contributed by atoms with Gasteiger partial charge in [-0.1, -0.05) is 12.1 Å². The molecule has 0 saturated heterocycles. The number of hydrogen-bond donors (Lipinski definition) is 2. The molecule has 138 valence electrons. The van der Waals surface area contributed by atoms with Crippen molar-refractivity contribution in [3.05, 3.63) is 52.6 Å². The molecule has 2 aromatic rings. The molecule has 0 spiro atoms. The SMILES string of the molecule is COc1cccc2cc3c(cc12)C(=O)C1=C(C[C@@](O)(C(C)=O)C[C@@H]1O)C3=O. The molecule has 0 aliphatic heterocycles. The van der Waals surface area contributed by atoms with Gasteiger partial charge in [-0.2, -0.15) is 0 Å². The Morgan fingerprint density at radius 1 is 1.19 bits per heavy atom. The van der Waals surface area contributed by atoms with Crippen molar-refractivity contribution in [2.75, 3.05) is 7.11 Å². The summed E-state index contributed by atoms with van der Waals surface area (Å²) in [5.41, 5.74) is -1.44. The number of benzene rings is 2. The van der Waals surface area contributed by atoms with Gasteiger partial charge >= 0.3 is 0 Å². The lowest BCUT2D eigenvalue weighted by molar-refractivity contribution is -0.138. The lowest BCUT2D eigenvalue weighted by Crippen LogP contribution is -2.48. The Labute approximate surface area is 155 Å². The quantitative estimate of drug-likeness (QED) is 0.843. The minimum Gasteiger partial charge on any atom is -0.496 e. The van der Waals surface area contributed by atoms with Gasteiger partial charge in [0, 0.05) is 40.5 Å². The number of rotatable bonds is 2. The maximum absolute atomic E-state index is 13.1. The number of Topliss-reactive ketones (excluding diaryl/α,β-unsaturated/α-hetero) is 3. The van der Waals surface area contributed by atoms with Crippen LogP contribution >= 0.6 is 0 Å². The zero-order chi connectivity index (χ0) is 19.5. The second-order valence-corrected chi connectivity index (χ2v) is 7.11. The van der Waals surface area contributed by atoms with Gasteiger partial charge in [-0.25, -0.2) is 0 Å². The van der Waals surface area contributed by atoms with E-state index in [0.29, 0.717) is 11.1 Å². The largest absolute Gasteiger partial charge is 0.496 e. The maximum atomic E-state index is 13.1. The van der Waals surface area contributed by atoms with E-state index >= 15 is 0 Å². The van der Waals surface area contributed by atoms with Crippen LogP contribution in [0.15, 0.2) is 41.5 Å². The second-order valence-electron chi connectivity index (χ2n) is 7.11. The summed E-state index contributed by atoms with van der Waals surface area (Å²) in [7, 11) is 1.52. The number of methoxy groups -OCH3 is 1. The lowest BCUT2D eigenvalue weighted by atomic mass is 9.69. The molecule has 0 unspecified atom stereocenters. The van der Waals surface area contributed by atoms with Gasteiger partial charge in [-0.15, -0.1) is 0 Å². The minimum absolute atomic E-state index is 0.0196. The number of carbonyl (C=O) groups is 3. The van der Waals surface area contributed by atoms with Crippen LogP contribution in [0.1, 0.15) is 40.5 Å². The number of ether oxygens (including phenoxy) is 1. The smallest absolute Gasteiger partial charge is 0.192 e. The van der Waals surface area contributed by atoms with E-state index < -0.39 is 29.1 Å². The topological polar surface area (TPSA) is 101 Å². The van der Waals surface area contributed by atoms with Crippen LogP contribution in [0, 0.1) is 0 Å². The molecule has 2 N–H and O–H groups in total. The van der Waals surface area contributed by atoms with E-state index in [2.05, 4.69) is 0 Å². The second kappa shape index (κ2) is 5.84. The molecule has 27 heavy (non-hydrogen) atoms. The van der Waals surface area contributed by atoms with Crippen LogP contribution in [-0.4, -0.2) is 46.4 Å². The summed E-state index contributed by atoms with van der Waals surface area (Å²) >= 11 is 0. The fraction of sp³-hybridized carbons (Fsp3) is 0.286. The molecule has 0 fully saturated rings. The Morgan fingerprint density at radius 3 is 2.56 bits per heavy atom. The molecule has 2 atom stereocenters. The Bertz CT molecular complexity index is 1060. The first-order valence-corrected chi connectivity index (χ1v) is 8.61. The monoisotopic (exact) mass is 366 g/mol. The average Bonchev–Trinajstić information content (AvgIpc) is 2.63. The highest BCUT2D eigenvalue weighted by atomic mass is 16.5. The number of fused-ring (bicyclic) bond motifs is 2. The van der Waals surface area contributed by atoms with Gasteiger partial charge in [0.1, 0.15) is 11.4 Å². The molecule has 0 heterocycles. The molecule has 2 aliphatic rings. The van der Waals surface area contributed by atoms with Crippen molar-refractivity contribution in [2.24, 2.45) is 0 Å². The van der Waals surface area contributed by atoms with Gasteiger partial charge in [0.2, 0.25) is 0 Å². The van der Waals surface area contributed by atoms with Crippen molar-refractivity contribution in [3.8, 4) is 5.75 Å². The summed E-state index contributed by atoms with van der Waals surface area (Å²) in [6.45, 7) is 1.21. The Balaban J connectivity index is 1.93. The highest BCUT2D eigenvalue weighted by Crippen LogP contribution is 2.41. The van der Waals surface area contributed by atoms with Gasteiger partial charge in [0.05, 0.1) is 13.2 Å². The molecule has 6 nitrogen and oxygen atoms in total. The first-order valence-electron chi connectivity index (χ1n) is 8.61. The molecule has 6 heteroatoms.